The van der Waals surface area contributed by atoms with Gasteiger partial charge in [0.1, 0.15) is 11.4 Å². The molecule has 0 saturated carbocycles. The van der Waals surface area contributed by atoms with Crippen LogP contribution in [0.25, 0.3) is 11.3 Å². The summed E-state index contributed by atoms with van der Waals surface area (Å²) in [5.74, 6) is 0.639. The molecular weight excluding hydrogens is 326 g/mol. The zero-order chi connectivity index (χ0) is 17.2. The molecule has 0 spiro atoms. The van der Waals surface area contributed by atoms with Gasteiger partial charge in [-0.15, -0.1) is 9.19 Å². The second-order valence-electron chi connectivity index (χ2n) is 5.22. The van der Waals surface area contributed by atoms with E-state index in [2.05, 4.69) is 10.3 Å². The number of ether oxygens (including phenoxy) is 1. The third-order valence-corrected chi connectivity index (χ3v) is 5.04. The maximum atomic E-state index is 12.6. The first-order valence-electron chi connectivity index (χ1n) is 7.49. The predicted molar refractivity (Wildman–Crippen MR) is 90.4 cm³/mol. The molecule has 1 aromatic heterocycles. The molecule has 0 aliphatic rings. The van der Waals surface area contributed by atoms with Gasteiger partial charge in [0, 0.05) is 5.56 Å². The van der Waals surface area contributed by atoms with E-state index < -0.39 is 10.0 Å². The van der Waals surface area contributed by atoms with Crippen LogP contribution in [0.2, 0.25) is 0 Å². The van der Waals surface area contributed by atoms with Crippen LogP contribution >= 0.6 is 0 Å². The summed E-state index contributed by atoms with van der Waals surface area (Å²) < 4.78 is 31.7. The molecule has 3 rings (SSSR count). The molecule has 0 aliphatic heterocycles. The maximum absolute atomic E-state index is 12.6. The van der Waals surface area contributed by atoms with Gasteiger partial charge in [0.05, 0.1) is 17.7 Å². The molecule has 124 valence electrons. The minimum atomic E-state index is -3.77. The van der Waals surface area contributed by atoms with Crippen molar-refractivity contribution in [2.75, 3.05) is 6.61 Å². The quantitative estimate of drug-likeness (QED) is 0.712. The number of aryl methyl sites for hydroxylation is 1. The largest absolute Gasteiger partial charge is 0.493 e. The zero-order valence-electron chi connectivity index (χ0n) is 13.4. The zero-order valence-corrected chi connectivity index (χ0v) is 14.2. The van der Waals surface area contributed by atoms with Gasteiger partial charge >= 0.3 is 0 Å². The molecule has 0 aliphatic carbocycles. The lowest BCUT2D eigenvalue weighted by Gasteiger charge is -2.07. The van der Waals surface area contributed by atoms with E-state index in [0.717, 1.165) is 9.65 Å². The third kappa shape index (κ3) is 3.03. The van der Waals surface area contributed by atoms with Crippen LogP contribution in [-0.4, -0.2) is 29.4 Å². The molecule has 0 radical (unpaired) electrons. The molecular formula is C17H17N3O3S. The van der Waals surface area contributed by atoms with Crippen LogP contribution in [0, 0.1) is 6.92 Å². The fourth-order valence-electron chi connectivity index (χ4n) is 2.27. The van der Waals surface area contributed by atoms with Gasteiger partial charge in [-0.05, 0) is 38.1 Å². The number of hydrogen-bond acceptors (Lipinski definition) is 5. The summed E-state index contributed by atoms with van der Waals surface area (Å²) in [5.41, 5.74) is 2.12. The van der Waals surface area contributed by atoms with Gasteiger partial charge in [-0.3, -0.25) is 0 Å². The second kappa shape index (κ2) is 6.45. The molecule has 3 aromatic rings. The fourth-order valence-corrected chi connectivity index (χ4v) is 3.33. The Hall–Kier alpha value is -2.67. The molecule has 2 aromatic carbocycles. The van der Waals surface area contributed by atoms with E-state index >= 15 is 0 Å². The van der Waals surface area contributed by atoms with Gasteiger partial charge < -0.3 is 4.74 Å². The van der Waals surface area contributed by atoms with Crippen molar-refractivity contribution in [1.82, 2.24) is 14.4 Å². The van der Waals surface area contributed by atoms with Gasteiger partial charge in [0.2, 0.25) is 0 Å². The standard InChI is InChI=1S/C17H17N3O3S/c1-3-23-17-7-5-4-6-15(17)16-12-20(19-18-16)24(21,22)14-10-8-13(2)9-11-14/h4-12H,3H2,1-2H3. The van der Waals surface area contributed by atoms with Gasteiger partial charge in [0.25, 0.3) is 10.0 Å². The number of nitrogens with zero attached hydrogens (tertiary/aromatic N) is 3. The van der Waals surface area contributed by atoms with Crippen LogP contribution in [-0.2, 0) is 10.0 Å². The highest BCUT2D eigenvalue weighted by atomic mass is 32.2. The highest BCUT2D eigenvalue weighted by Crippen LogP contribution is 2.28. The lowest BCUT2D eigenvalue weighted by molar-refractivity contribution is 0.341. The van der Waals surface area contributed by atoms with Crippen molar-refractivity contribution in [3.8, 4) is 17.0 Å². The molecule has 0 unspecified atom stereocenters. The molecule has 0 bridgehead atoms. The number of rotatable bonds is 5. The lowest BCUT2D eigenvalue weighted by atomic mass is 10.1. The molecule has 1 heterocycles. The predicted octanol–water partition coefficient (Wildman–Crippen LogP) is 2.89. The van der Waals surface area contributed by atoms with E-state index in [0.29, 0.717) is 23.6 Å². The van der Waals surface area contributed by atoms with Crippen LogP contribution in [0.1, 0.15) is 12.5 Å². The summed E-state index contributed by atoms with van der Waals surface area (Å²) in [6.07, 6.45) is 1.40. The molecule has 7 heteroatoms. The van der Waals surface area contributed by atoms with Crippen molar-refractivity contribution < 1.29 is 13.2 Å². The molecule has 0 amide bonds. The van der Waals surface area contributed by atoms with E-state index in [1.165, 1.54) is 6.20 Å². The minimum Gasteiger partial charge on any atom is -0.493 e. The Morgan fingerprint density at radius 1 is 1.08 bits per heavy atom. The molecule has 0 fully saturated rings. The monoisotopic (exact) mass is 343 g/mol. The number of aromatic nitrogens is 3. The summed E-state index contributed by atoms with van der Waals surface area (Å²) in [6, 6.07) is 13.9. The smallest absolute Gasteiger partial charge is 0.284 e. The summed E-state index contributed by atoms with van der Waals surface area (Å²) in [6.45, 7) is 4.29. The SMILES string of the molecule is CCOc1ccccc1-c1cn(S(=O)(=O)c2ccc(C)cc2)nn1. The van der Waals surface area contributed by atoms with E-state index in [9.17, 15) is 8.42 Å². The fraction of sp³-hybridized carbons (Fsp3) is 0.176. The molecule has 24 heavy (non-hydrogen) atoms. The molecule has 6 nitrogen and oxygen atoms in total. The van der Waals surface area contributed by atoms with Crippen LogP contribution in [0.5, 0.6) is 5.75 Å². The van der Waals surface area contributed by atoms with Gasteiger partial charge in [-0.25, -0.2) is 0 Å². The molecule has 0 saturated heterocycles. The van der Waals surface area contributed by atoms with Gasteiger partial charge in [0.15, 0.2) is 0 Å². The first-order chi connectivity index (χ1) is 11.5. The van der Waals surface area contributed by atoms with Crippen molar-refractivity contribution in [2.24, 2.45) is 0 Å². The second-order valence-corrected chi connectivity index (χ2v) is 7.02. The number of para-hydroxylation sites is 1. The van der Waals surface area contributed by atoms with Crippen LogP contribution in [0.15, 0.2) is 59.6 Å². The van der Waals surface area contributed by atoms with E-state index in [1.807, 2.05) is 38.1 Å². The van der Waals surface area contributed by atoms with Crippen molar-refractivity contribution in [3.63, 3.8) is 0 Å². The van der Waals surface area contributed by atoms with E-state index in [4.69, 9.17) is 4.74 Å². The van der Waals surface area contributed by atoms with Crippen molar-refractivity contribution >= 4 is 10.0 Å². The topological polar surface area (TPSA) is 74.1 Å². The van der Waals surface area contributed by atoms with Gasteiger partial charge in [-0.1, -0.05) is 35.0 Å². The first kappa shape index (κ1) is 16.2. The summed E-state index contributed by atoms with van der Waals surface area (Å²) >= 11 is 0. The Labute approximate surface area is 140 Å². The summed E-state index contributed by atoms with van der Waals surface area (Å²) in [7, 11) is -3.77. The van der Waals surface area contributed by atoms with Crippen molar-refractivity contribution in [3.05, 3.63) is 60.3 Å². The summed E-state index contributed by atoms with van der Waals surface area (Å²) in [5, 5.41) is 7.78. The number of benzene rings is 2. The molecule has 0 N–H and O–H groups in total. The number of hydrogen-bond donors (Lipinski definition) is 0. The van der Waals surface area contributed by atoms with Gasteiger partial charge in [-0.2, -0.15) is 8.42 Å². The third-order valence-electron chi connectivity index (χ3n) is 3.50. The Morgan fingerprint density at radius 3 is 2.50 bits per heavy atom. The maximum Gasteiger partial charge on any atom is 0.284 e. The Kier molecular flexibility index (Phi) is 4.35. The van der Waals surface area contributed by atoms with Crippen molar-refractivity contribution in [1.29, 1.82) is 0 Å². The Morgan fingerprint density at radius 2 is 1.79 bits per heavy atom. The highest BCUT2D eigenvalue weighted by Gasteiger charge is 2.20. The van der Waals surface area contributed by atoms with E-state index in [-0.39, 0.29) is 4.90 Å². The first-order valence-corrected chi connectivity index (χ1v) is 8.93. The minimum absolute atomic E-state index is 0.169. The summed E-state index contributed by atoms with van der Waals surface area (Å²) in [4.78, 5) is 0.169. The van der Waals surface area contributed by atoms with Crippen molar-refractivity contribution in [2.45, 2.75) is 18.7 Å². The Bertz CT molecular complexity index is 947. The van der Waals surface area contributed by atoms with Crippen LogP contribution < -0.4 is 4.74 Å². The average Bonchev–Trinajstić information content (AvgIpc) is 3.07. The Balaban J connectivity index is 2.01. The van der Waals surface area contributed by atoms with Crippen LogP contribution in [0.3, 0.4) is 0 Å². The van der Waals surface area contributed by atoms with E-state index in [1.54, 1.807) is 24.3 Å². The average molecular weight is 343 g/mol. The molecule has 0 atom stereocenters. The van der Waals surface area contributed by atoms with Crippen LogP contribution in [0.4, 0.5) is 0 Å². The highest BCUT2D eigenvalue weighted by molar-refractivity contribution is 7.89. The lowest BCUT2D eigenvalue weighted by Crippen LogP contribution is -2.13. The normalized spacial score (nSPS) is 11.4.